The first-order valence-electron chi connectivity index (χ1n) is 3.40. The van der Waals surface area contributed by atoms with Crippen LogP contribution in [0.25, 0.3) is 0 Å². The monoisotopic (exact) mass is 132 g/mol. The van der Waals surface area contributed by atoms with E-state index >= 15 is 0 Å². The third-order valence-electron chi connectivity index (χ3n) is 1.75. The smallest absolute Gasteiger partial charge is 0.196 e. The van der Waals surface area contributed by atoms with E-state index in [1.165, 1.54) is 5.57 Å². The summed E-state index contributed by atoms with van der Waals surface area (Å²) in [7, 11) is 0. The fourth-order valence-electron chi connectivity index (χ4n) is 1.16. The molecule has 1 aliphatic carbocycles. The van der Waals surface area contributed by atoms with Crippen molar-refractivity contribution in [3.05, 3.63) is 42.7 Å². The van der Waals surface area contributed by atoms with Crippen LogP contribution in [-0.2, 0) is 4.74 Å². The minimum absolute atomic E-state index is 0.513. The first-order chi connectivity index (χ1) is 4.97. The molecule has 1 nitrogen and oxygen atoms in total. The lowest BCUT2D eigenvalue weighted by Crippen LogP contribution is -2.07. The predicted octanol–water partition coefficient (Wildman–Crippen LogP) is 2.07. The van der Waals surface area contributed by atoms with Crippen molar-refractivity contribution in [1.82, 2.24) is 0 Å². The Hall–Kier alpha value is -0.980. The largest absolute Gasteiger partial charge is 0.486 e. The van der Waals surface area contributed by atoms with Crippen molar-refractivity contribution >= 4 is 0 Å². The fraction of sp³-hybridized carbons (Fsp3) is 0.222. The molecular weight excluding hydrogens is 124 g/mol. The lowest BCUT2D eigenvalue weighted by molar-refractivity contribution is 0.286. The summed E-state index contributed by atoms with van der Waals surface area (Å²) in [6.07, 6.45) is 11.0. The Balaban J connectivity index is 2.27. The lowest BCUT2D eigenvalue weighted by Gasteiger charge is -2.19. The second-order valence-electron chi connectivity index (χ2n) is 2.43. The highest BCUT2D eigenvalue weighted by molar-refractivity contribution is 5.33. The van der Waals surface area contributed by atoms with Gasteiger partial charge in [-0.1, -0.05) is 24.3 Å². The van der Waals surface area contributed by atoms with E-state index in [1.807, 2.05) is 6.08 Å². The molecule has 0 N–H and O–H groups in total. The Kier molecular flexibility index (Phi) is 1.35. The highest BCUT2D eigenvalue weighted by atomic mass is 16.5. The summed E-state index contributed by atoms with van der Waals surface area (Å²) in [5.41, 5.74) is 1.25. The molecule has 0 spiro atoms. The van der Waals surface area contributed by atoms with Crippen molar-refractivity contribution < 1.29 is 4.74 Å². The zero-order valence-electron chi connectivity index (χ0n) is 5.58. The van der Waals surface area contributed by atoms with Crippen LogP contribution in [0.3, 0.4) is 0 Å². The molecule has 0 aromatic carbocycles. The molecule has 50 valence electrons. The van der Waals surface area contributed by atoms with Crippen LogP contribution < -0.4 is 0 Å². The predicted molar refractivity (Wildman–Crippen MR) is 38.8 cm³/mol. The Morgan fingerprint density at radius 3 is 3.40 bits per heavy atom. The zero-order chi connectivity index (χ0) is 6.81. The number of hydrogen-bond donors (Lipinski definition) is 0. The van der Waals surface area contributed by atoms with Gasteiger partial charge >= 0.3 is 0 Å². The number of rotatable bonds is 0. The SMILES string of the molecule is [C]1CC2C=CC=CC2=CO1. The minimum atomic E-state index is 0.513. The maximum atomic E-state index is 4.94. The molecule has 0 amide bonds. The van der Waals surface area contributed by atoms with E-state index in [9.17, 15) is 0 Å². The molecule has 2 rings (SSSR count). The Morgan fingerprint density at radius 2 is 2.50 bits per heavy atom. The van der Waals surface area contributed by atoms with Gasteiger partial charge in [-0.2, -0.15) is 0 Å². The van der Waals surface area contributed by atoms with Gasteiger partial charge in [0.15, 0.2) is 6.61 Å². The van der Waals surface area contributed by atoms with E-state index in [0.717, 1.165) is 6.42 Å². The average molecular weight is 132 g/mol. The number of hydrogen-bond acceptors (Lipinski definition) is 1. The summed E-state index contributed by atoms with van der Waals surface area (Å²) < 4.78 is 4.94. The first kappa shape index (κ1) is 5.78. The van der Waals surface area contributed by atoms with Gasteiger partial charge in [-0.15, -0.1) is 0 Å². The second kappa shape index (κ2) is 2.33. The molecule has 1 aliphatic heterocycles. The maximum Gasteiger partial charge on any atom is 0.196 e. The van der Waals surface area contributed by atoms with E-state index in [0.29, 0.717) is 5.92 Å². The molecule has 1 unspecified atom stereocenters. The molecule has 1 atom stereocenters. The van der Waals surface area contributed by atoms with Crippen LogP contribution in [-0.4, -0.2) is 0 Å². The number of allylic oxidation sites excluding steroid dienone is 5. The van der Waals surface area contributed by atoms with Gasteiger partial charge in [0.25, 0.3) is 0 Å². The number of fused-ring (bicyclic) bond motifs is 1. The van der Waals surface area contributed by atoms with E-state index in [1.54, 1.807) is 6.26 Å². The minimum Gasteiger partial charge on any atom is -0.486 e. The molecule has 0 fully saturated rings. The van der Waals surface area contributed by atoms with Crippen molar-refractivity contribution in [2.24, 2.45) is 5.92 Å². The molecule has 0 aromatic rings. The fourth-order valence-corrected chi connectivity index (χ4v) is 1.16. The summed E-state index contributed by atoms with van der Waals surface area (Å²) in [4.78, 5) is 0. The van der Waals surface area contributed by atoms with Gasteiger partial charge in [0.2, 0.25) is 0 Å². The van der Waals surface area contributed by atoms with Gasteiger partial charge in [0.05, 0.1) is 6.26 Å². The normalized spacial score (nSPS) is 28.8. The molecule has 0 saturated carbocycles. The standard InChI is InChI=1S/C9H8O/c1-2-4-9-7-10-6-5-8(9)3-1/h1-4,7-8H,5H2. The van der Waals surface area contributed by atoms with Gasteiger partial charge < -0.3 is 4.74 Å². The van der Waals surface area contributed by atoms with E-state index in [-0.39, 0.29) is 0 Å². The molecule has 0 aromatic heterocycles. The Morgan fingerprint density at radius 1 is 1.50 bits per heavy atom. The Bertz CT molecular complexity index is 211. The summed E-state index contributed by atoms with van der Waals surface area (Å²) in [5, 5.41) is 0. The van der Waals surface area contributed by atoms with Crippen LogP contribution >= 0.6 is 0 Å². The van der Waals surface area contributed by atoms with Crippen LogP contribution in [0, 0.1) is 12.5 Å². The molecule has 0 saturated heterocycles. The molecular formula is C9H8O. The molecule has 1 heterocycles. The van der Waals surface area contributed by atoms with Gasteiger partial charge in [0.1, 0.15) is 0 Å². The molecule has 2 radical (unpaired) electrons. The lowest BCUT2D eigenvalue weighted by atomic mass is 9.92. The van der Waals surface area contributed by atoms with E-state index in [2.05, 4.69) is 24.8 Å². The third kappa shape index (κ3) is 0.878. The number of ether oxygens (including phenoxy) is 1. The molecule has 1 heteroatoms. The third-order valence-corrected chi connectivity index (χ3v) is 1.75. The molecule has 10 heavy (non-hydrogen) atoms. The second-order valence-corrected chi connectivity index (χ2v) is 2.43. The summed E-state index contributed by atoms with van der Waals surface area (Å²) in [5.74, 6) is 0.513. The summed E-state index contributed by atoms with van der Waals surface area (Å²) >= 11 is 0. The van der Waals surface area contributed by atoms with Gasteiger partial charge in [-0.25, -0.2) is 0 Å². The Labute approximate surface area is 60.7 Å². The topological polar surface area (TPSA) is 9.23 Å². The van der Waals surface area contributed by atoms with Gasteiger partial charge in [-0.05, 0) is 5.57 Å². The van der Waals surface area contributed by atoms with E-state index in [4.69, 9.17) is 4.74 Å². The summed E-state index contributed by atoms with van der Waals surface area (Å²) in [6, 6.07) is 0. The van der Waals surface area contributed by atoms with Crippen LogP contribution in [0.2, 0.25) is 0 Å². The van der Waals surface area contributed by atoms with Crippen LogP contribution in [0.1, 0.15) is 6.42 Å². The van der Waals surface area contributed by atoms with Crippen molar-refractivity contribution in [3.63, 3.8) is 0 Å². The average Bonchev–Trinajstić information content (AvgIpc) is 2.05. The highest BCUT2D eigenvalue weighted by Gasteiger charge is 2.15. The van der Waals surface area contributed by atoms with Gasteiger partial charge in [0, 0.05) is 12.3 Å². The van der Waals surface area contributed by atoms with E-state index < -0.39 is 0 Å². The highest BCUT2D eigenvalue weighted by Crippen LogP contribution is 2.26. The van der Waals surface area contributed by atoms with Crippen molar-refractivity contribution in [2.45, 2.75) is 6.42 Å². The van der Waals surface area contributed by atoms with Crippen LogP contribution in [0.5, 0.6) is 0 Å². The first-order valence-corrected chi connectivity index (χ1v) is 3.40. The van der Waals surface area contributed by atoms with Crippen molar-refractivity contribution in [3.8, 4) is 0 Å². The quantitative estimate of drug-likeness (QED) is 0.490. The van der Waals surface area contributed by atoms with Crippen LogP contribution in [0.15, 0.2) is 36.1 Å². The molecule has 0 bridgehead atoms. The zero-order valence-corrected chi connectivity index (χ0v) is 5.58. The summed E-state index contributed by atoms with van der Waals surface area (Å²) in [6.45, 7) is 2.82. The van der Waals surface area contributed by atoms with Crippen molar-refractivity contribution in [1.29, 1.82) is 0 Å². The van der Waals surface area contributed by atoms with Crippen molar-refractivity contribution in [2.75, 3.05) is 0 Å². The van der Waals surface area contributed by atoms with Gasteiger partial charge in [-0.3, -0.25) is 0 Å². The molecule has 2 aliphatic rings. The van der Waals surface area contributed by atoms with Crippen LogP contribution in [0.4, 0.5) is 0 Å². The maximum absolute atomic E-state index is 4.94.